The summed E-state index contributed by atoms with van der Waals surface area (Å²) in [6.07, 6.45) is 0. The number of aromatic nitrogens is 2. The Morgan fingerprint density at radius 3 is 2.58 bits per heavy atom. The van der Waals surface area contributed by atoms with Gasteiger partial charge < -0.3 is 9.26 Å². The number of benzene rings is 1. The molecule has 0 aliphatic carbocycles. The molecule has 1 aromatic carbocycles. The van der Waals surface area contributed by atoms with E-state index in [0.29, 0.717) is 5.82 Å². The van der Waals surface area contributed by atoms with Gasteiger partial charge in [0.1, 0.15) is 9.96 Å². The minimum absolute atomic E-state index is 0.0670. The molecule has 3 aromatic rings. The van der Waals surface area contributed by atoms with Crippen LogP contribution in [0.4, 0.5) is 0 Å². The Kier molecular flexibility index (Phi) is 4.65. The van der Waals surface area contributed by atoms with E-state index < -0.39 is 10.0 Å². The number of nitrogens with zero attached hydrogens (tertiary/aromatic N) is 2. The van der Waals surface area contributed by atoms with Crippen molar-refractivity contribution in [3.05, 3.63) is 47.2 Å². The Labute approximate surface area is 143 Å². The molecule has 0 unspecified atom stereocenters. The Balaban J connectivity index is 1.69. The van der Waals surface area contributed by atoms with Gasteiger partial charge in [0, 0.05) is 10.4 Å². The van der Waals surface area contributed by atoms with Crippen molar-refractivity contribution in [2.75, 3.05) is 7.11 Å². The molecule has 0 amide bonds. The first-order valence-electron chi connectivity index (χ1n) is 7.01. The zero-order valence-corrected chi connectivity index (χ0v) is 14.6. The monoisotopic (exact) mass is 365 g/mol. The molecule has 1 N–H and O–H groups in total. The molecule has 0 saturated carbocycles. The van der Waals surface area contributed by atoms with Crippen molar-refractivity contribution in [2.45, 2.75) is 17.7 Å². The van der Waals surface area contributed by atoms with Crippen molar-refractivity contribution in [3.8, 4) is 17.1 Å². The summed E-state index contributed by atoms with van der Waals surface area (Å²) in [5.41, 5.74) is 0.752. The predicted molar refractivity (Wildman–Crippen MR) is 89.4 cm³/mol. The number of methoxy groups -OCH3 is 1. The van der Waals surface area contributed by atoms with E-state index in [2.05, 4.69) is 14.9 Å². The molecule has 3 rings (SSSR count). The first-order valence-corrected chi connectivity index (χ1v) is 9.31. The molecule has 0 atom stereocenters. The Bertz CT molecular complexity index is 930. The molecule has 9 heteroatoms. The molecule has 126 valence electrons. The van der Waals surface area contributed by atoms with E-state index in [1.54, 1.807) is 43.5 Å². The normalized spacial score (nSPS) is 11.6. The predicted octanol–water partition coefficient (Wildman–Crippen LogP) is 2.59. The second-order valence-corrected chi connectivity index (χ2v) is 8.21. The van der Waals surface area contributed by atoms with Crippen molar-refractivity contribution < 1.29 is 17.7 Å². The van der Waals surface area contributed by atoms with Crippen LogP contribution in [0.3, 0.4) is 0 Å². The van der Waals surface area contributed by atoms with Crippen LogP contribution in [0, 0.1) is 6.92 Å². The van der Waals surface area contributed by atoms with Crippen molar-refractivity contribution in [2.24, 2.45) is 0 Å². The van der Waals surface area contributed by atoms with Crippen LogP contribution < -0.4 is 9.46 Å². The second kappa shape index (κ2) is 6.71. The first kappa shape index (κ1) is 16.6. The topological polar surface area (TPSA) is 94.3 Å². The van der Waals surface area contributed by atoms with E-state index in [1.807, 2.05) is 6.92 Å². The van der Waals surface area contributed by atoms with E-state index in [4.69, 9.17) is 9.26 Å². The fourth-order valence-corrected chi connectivity index (χ4v) is 4.27. The number of hydrogen-bond donors (Lipinski definition) is 1. The lowest BCUT2D eigenvalue weighted by Gasteiger charge is -2.01. The van der Waals surface area contributed by atoms with Crippen LogP contribution in [0.1, 0.15) is 10.8 Å². The van der Waals surface area contributed by atoms with Gasteiger partial charge in [0.15, 0.2) is 0 Å². The lowest BCUT2D eigenvalue weighted by atomic mass is 10.2. The summed E-state index contributed by atoms with van der Waals surface area (Å²) in [5.74, 6) is 1.30. The van der Waals surface area contributed by atoms with Crippen molar-refractivity contribution in [1.29, 1.82) is 0 Å². The number of nitrogens with one attached hydrogen (secondary N) is 1. The fourth-order valence-electron chi connectivity index (χ4n) is 1.97. The van der Waals surface area contributed by atoms with Crippen LogP contribution >= 0.6 is 11.3 Å². The highest BCUT2D eigenvalue weighted by Crippen LogP contribution is 2.21. The average molecular weight is 365 g/mol. The number of aryl methyl sites for hydroxylation is 1. The molecule has 0 aliphatic heterocycles. The molecule has 0 bridgehead atoms. The van der Waals surface area contributed by atoms with Gasteiger partial charge in [-0.15, -0.1) is 11.3 Å². The molecule has 0 aliphatic rings. The summed E-state index contributed by atoms with van der Waals surface area (Å²) in [4.78, 5) is 5.12. The minimum Gasteiger partial charge on any atom is -0.497 e. The number of hydrogen-bond acceptors (Lipinski definition) is 7. The summed E-state index contributed by atoms with van der Waals surface area (Å²) < 4.78 is 37.2. The fraction of sp³-hybridized carbons (Fsp3) is 0.200. The minimum atomic E-state index is -3.58. The van der Waals surface area contributed by atoms with Gasteiger partial charge in [0.2, 0.25) is 11.7 Å². The van der Waals surface area contributed by atoms with Crippen molar-refractivity contribution in [1.82, 2.24) is 14.9 Å². The summed E-state index contributed by atoms with van der Waals surface area (Å²) in [6, 6.07) is 10.5. The highest BCUT2D eigenvalue weighted by atomic mass is 32.2. The van der Waals surface area contributed by atoms with Crippen LogP contribution in [0.2, 0.25) is 0 Å². The van der Waals surface area contributed by atoms with Crippen LogP contribution in [-0.4, -0.2) is 25.7 Å². The number of sulfonamides is 1. The molecule has 2 aromatic heterocycles. The summed E-state index contributed by atoms with van der Waals surface area (Å²) in [6.45, 7) is 1.78. The maximum Gasteiger partial charge on any atom is 0.250 e. The highest BCUT2D eigenvalue weighted by molar-refractivity contribution is 7.91. The average Bonchev–Trinajstić information content (AvgIpc) is 3.22. The molecule has 2 heterocycles. The molecular weight excluding hydrogens is 350 g/mol. The summed E-state index contributed by atoms with van der Waals surface area (Å²) in [7, 11) is -1.99. The van der Waals surface area contributed by atoms with Crippen molar-refractivity contribution >= 4 is 21.4 Å². The third kappa shape index (κ3) is 3.64. The standard InChI is InChI=1S/C15H15N3O4S2/c1-10-3-8-14(23-10)24(19,20)16-9-13-17-15(18-22-13)11-4-6-12(21-2)7-5-11/h3-8,16H,9H2,1-2H3. The summed E-state index contributed by atoms with van der Waals surface area (Å²) >= 11 is 1.21. The van der Waals surface area contributed by atoms with E-state index in [1.165, 1.54) is 11.3 Å². The third-order valence-electron chi connectivity index (χ3n) is 3.21. The Hall–Kier alpha value is -2.23. The number of rotatable bonds is 6. The number of thiophene rings is 1. The second-order valence-electron chi connectivity index (χ2n) is 4.93. The van der Waals surface area contributed by atoms with Gasteiger partial charge in [-0.3, -0.25) is 0 Å². The Morgan fingerprint density at radius 2 is 1.96 bits per heavy atom. The van der Waals surface area contributed by atoms with Gasteiger partial charge in [-0.05, 0) is 43.3 Å². The van der Waals surface area contributed by atoms with E-state index in [9.17, 15) is 8.42 Å². The molecule has 0 radical (unpaired) electrons. The lowest BCUT2D eigenvalue weighted by Crippen LogP contribution is -2.22. The van der Waals surface area contributed by atoms with Crippen LogP contribution in [0.5, 0.6) is 5.75 Å². The van der Waals surface area contributed by atoms with Gasteiger partial charge >= 0.3 is 0 Å². The quantitative estimate of drug-likeness (QED) is 0.721. The molecule has 24 heavy (non-hydrogen) atoms. The van der Waals surface area contributed by atoms with Crippen LogP contribution in [-0.2, 0) is 16.6 Å². The molecule has 0 fully saturated rings. The van der Waals surface area contributed by atoms with E-state index >= 15 is 0 Å². The maximum absolute atomic E-state index is 12.2. The molecular formula is C15H15N3O4S2. The maximum atomic E-state index is 12.2. The van der Waals surface area contributed by atoms with Gasteiger partial charge in [-0.25, -0.2) is 13.1 Å². The molecule has 0 spiro atoms. The van der Waals surface area contributed by atoms with Crippen LogP contribution in [0.15, 0.2) is 45.1 Å². The lowest BCUT2D eigenvalue weighted by molar-refractivity contribution is 0.376. The summed E-state index contributed by atoms with van der Waals surface area (Å²) in [5, 5.41) is 3.86. The SMILES string of the molecule is COc1ccc(-c2noc(CNS(=O)(=O)c3ccc(C)s3)n2)cc1. The largest absolute Gasteiger partial charge is 0.497 e. The van der Waals surface area contributed by atoms with E-state index in [0.717, 1.165) is 16.2 Å². The first-order chi connectivity index (χ1) is 11.5. The van der Waals surface area contributed by atoms with Gasteiger partial charge in [0.25, 0.3) is 10.0 Å². The van der Waals surface area contributed by atoms with Crippen molar-refractivity contribution in [3.63, 3.8) is 0 Å². The highest BCUT2D eigenvalue weighted by Gasteiger charge is 2.18. The zero-order valence-electron chi connectivity index (χ0n) is 13.0. The molecule has 7 nitrogen and oxygen atoms in total. The van der Waals surface area contributed by atoms with E-state index in [-0.39, 0.29) is 16.6 Å². The third-order valence-corrected chi connectivity index (χ3v) is 6.10. The zero-order chi connectivity index (χ0) is 17.2. The van der Waals surface area contributed by atoms with Crippen LogP contribution in [0.25, 0.3) is 11.4 Å². The van der Waals surface area contributed by atoms with Gasteiger partial charge in [-0.1, -0.05) is 5.16 Å². The van der Waals surface area contributed by atoms with Gasteiger partial charge in [-0.2, -0.15) is 4.98 Å². The number of ether oxygens (including phenoxy) is 1. The Morgan fingerprint density at radius 1 is 1.21 bits per heavy atom. The van der Waals surface area contributed by atoms with Gasteiger partial charge in [0.05, 0.1) is 13.7 Å². The molecule has 0 saturated heterocycles. The smallest absolute Gasteiger partial charge is 0.250 e.